The van der Waals surface area contributed by atoms with Gasteiger partial charge in [-0.3, -0.25) is 9.48 Å². The Kier molecular flexibility index (Phi) is 3.99. The number of aryl methyl sites for hydroxylation is 1. The predicted octanol–water partition coefficient (Wildman–Crippen LogP) is 0.586. The molecule has 2 heterocycles. The van der Waals surface area contributed by atoms with E-state index in [0.29, 0.717) is 17.3 Å². The monoisotopic (exact) mass is 279 g/mol. The Morgan fingerprint density at radius 3 is 2.90 bits per heavy atom. The molecule has 3 N–H and O–H groups in total. The van der Waals surface area contributed by atoms with Gasteiger partial charge in [0.1, 0.15) is 12.3 Å². The summed E-state index contributed by atoms with van der Waals surface area (Å²) in [5.41, 5.74) is 0.396. The summed E-state index contributed by atoms with van der Waals surface area (Å²) in [6.45, 7) is 1.65. The van der Waals surface area contributed by atoms with Crippen molar-refractivity contribution in [3.63, 3.8) is 0 Å². The van der Waals surface area contributed by atoms with Gasteiger partial charge in [-0.1, -0.05) is 0 Å². The summed E-state index contributed by atoms with van der Waals surface area (Å²) < 4.78 is 6.40. The number of urea groups is 1. The lowest BCUT2D eigenvalue weighted by atomic mass is 10.5. The van der Waals surface area contributed by atoms with E-state index in [1.54, 1.807) is 13.1 Å². The Labute approximate surface area is 113 Å². The smallest absolute Gasteiger partial charge is 0.325 e. The molecule has 0 radical (unpaired) electrons. The van der Waals surface area contributed by atoms with Crippen LogP contribution < -0.4 is 10.6 Å². The first kappa shape index (κ1) is 13.6. The quantitative estimate of drug-likeness (QED) is 0.736. The van der Waals surface area contributed by atoms with E-state index in [-0.39, 0.29) is 13.1 Å². The van der Waals surface area contributed by atoms with Crippen molar-refractivity contribution in [3.05, 3.63) is 30.2 Å². The van der Waals surface area contributed by atoms with Crippen LogP contribution in [0.2, 0.25) is 0 Å². The van der Waals surface area contributed by atoms with Gasteiger partial charge in [0.2, 0.25) is 5.89 Å². The minimum absolute atomic E-state index is 0.156. The highest BCUT2D eigenvalue weighted by atomic mass is 16.4. The molecule has 0 atom stereocenters. The van der Waals surface area contributed by atoms with E-state index in [1.807, 2.05) is 0 Å². The highest BCUT2D eigenvalue weighted by Crippen LogP contribution is 2.05. The molecule has 0 unspecified atom stereocenters. The van der Waals surface area contributed by atoms with Crippen LogP contribution in [0.5, 0.6) is 0 Å². The number of aliphatic carboxylic acids is 1. The molecule has 2 amide bonds. The van der Waals surface area contributed by atoms with Crippen LogP contribution in [-0.2, 0) is 17.9 Å². The number of carbonyl (C=O) groups excluding carboxylic acids is 1. The molecule has 20 heavy (non-hydrogen) atoms. The van der Waals surface area contributed by atoms with Crippen LogP contribution in [0.15, 0.2) is 23.0 Å². The largest absolute Gasteiger partial charge is 0.480 e. The second-order valence-electron chi connectivity index (χ2n) is 3.99. The molecule has 2 aromatic rings. The summed E-state index contributed by atoms with van der Waals surface area (Å²) in [5.74, 6) is 0.0553. The van der Waals surface area contributed by atoms with E-state index in [1.165, 1.54) is 17.1 Å². The third-order valence-corrected chi connectivity index (χ3v) is 2.26. The van der Waals surface area contributed by atoms with Crippen molar-refractivity contribution in [3.8, 4) is 0 Å². The van der Waals surface area contributed by atoms with Crippen LogP contribution in [0.4, 0.5) is 10.5 Å². The number of carboxylic acids is 1. The molecule has 0 saturated carbocycles. The topological polar surface area (TPSA) is 122 Å². The molecule has 0 aliphatic carbocycles. The number of nitrogens with one attached hydrogen (secondary N) is 2. The molecule has 0 fully saturated rings. The van der Waals surface area contributed by atoms with Crippen molar-refractivity contribution in [2.45, 2.75) is 20.0 Å². The van der Waals surface area contributed by atoms with Crippen LogP contribution in [0.1, 0.15) is 11.7 Å². The van der Waals surface area contributed by atoms with Crippen molar-refractivity contribution in [1.29, 1.82) is 0 Å². The highest BCUT2D eigenvalue weighted by molar-refractivity contribution is 5.88. The van der Waals surface area contributed by atoms with Gasteiger partial charge in [0.25, 0.3) is 0 Å². The van der Waals surface area contributed by atoms with Gasteiger partial charge in [0.15, 0.2) is 0 Å². The lowest BCUT2D eigenvalue weighted by molar-refractivity contribution is -0.137. The fourth-order valence-corrected chi connectivity index (χ4v) is 1.47. The second kappa shape index (κ2) is 5.87. The first-order valence-electron chi connectivity index (χ1n) is 5.73. The van der Waals surface area contributed by atoms with Gasteiger partial charge < -0.3 is 20.2 Å². The fraction of sp³-hybridized carbons (Fsp3) is 0.273. The van der Waals surface area contributed by atoms with E-state index in [4.69, 9.17) is 9.52 Å². The van der Waals surface area contributed by atoms with Crippen LogP contribution >= 0.6 is 0 Å². The maximum atomic E-state index is 11.6. The summed E-state index contributed by atoms with van der Waals surface area (Å²) >= 11 is 0. The zero-order valence-electron chi connectivity index (χ0n) is 10.7. The van der Waals surface area contributed by atoms with Gasteiger partial charge in [0.05, 0.1) is 24.6 Å². The molecule has 0 saturated heterocycles. The lowest BCUT2D eigenvalue weighted by Gasteiger charge is -2.03. The fourth-order valence-electron chi connectivity index (χ4n) is 1.47. The number of carbonyl (C=O) groups is 2. The molecule has 0 aliphatic rings. The van der Waals surface area contributed by atoms with Crippen molar-refractivity contribution < 1.29 is 19.1 Å². The van der Waals surface area contributed by atoms with E-state index in [2.05, 4.69) is 20.7 Å². The Morgan fingerprint density at radius 1 is 1.45 bits per heavy atom. The van der Waals surface area contributed by atoms with Crippen LogP contribution in [0.3, 0.4) is 0 Å². The first-order valence-corrected chi connectivity index (χ1v) is 5.73. The van der Waals surface area contributed by atoms with Gasteiger partial charge >= 0.3 is 12.0 Å². The predicted molar refractivity (Wildman–Crippen MR) is 67.0 cm³/mol. The Balaban J connectivity index is 1.82. The van der Waals surface area contributed by atoms with Gasteiger partial charge in [-0.2, -0.15) is 5.10 Å². The SMILES string of the molecule is Cc1cnc(CNC(=O)Nc2cnn(CC(=O)O)c2)o1. The molecule has 0 spiro atoms. The zero-order valence-corrected chi connectivity index (χ0v) is 10.7. The third kappa shape index (κ3) is 3.83. The summed E-state index contributed by atoms with van der Waals surface area (Å²) in [6.07, 6.45) is 4.34. The third-order valence-electron chi connectivity index (χ3n) is 2.26. The zero-order chi connectivity index (χ0) is 14.5. The summed E-state index contributed by atoms with van der Waals surface area (Å²) in [7, 11) is 0. The van der Waals surface area contributed by atoms with Gasteiger partial charge in [-0.05, 0) is 6.92 Å². The minimum Gasteiger partial charge on any atom is -0.480 e. The number of oxazole rings is 1. The molecule has 106 valence electrons. The van der Waals surface area contributed by atoms with Crippen LogP contribution in [0, 0.1) is 6.92 Å². The molecular weight excluding hydrogens is 266 g/mol. The standard InChI is InChI=1S/C11H13N5O4/c1-7-2-12-9(20-7)4-13-11(19)15-8-3-14-16(5-8)6-10(17)18/h2-3,5H,4,6H2,1H3,(H,17,18)(H2,13,15,19). The normalized spacial score (nSPS) is 10.2. The summed E-state index contributed by atoms with van der Waals surface area (Å²) in [4.78, 5) is 26.0. The Bertz CT molecular complexity index is 618. The van der Waals surface area contributed by atoms with E-state index >= 15 is 0 Å². The lowest BCUT2D eigenvalue weighted by Crippen LogP contribution is -2.28. The molecule has 9 heteroatoms. The van der Waals surface area contributed by atoms with Gasteiger partial charge in [0, 0.05) is 6.20 Å². The van der Waals surface area contributed by atoms with Crippen LogP contribution in [-0.4, -0.2) is 31.9 Å². The van der Waals surface area contributed by atoms with E-state index < -0.39 is 12.0 Å². The number of carboxylic acid groups (broad SMARTS) is 1. The maximum Gasteiger partial charge on any atom is 0.325 e. The Morgan fingerprint density at radius 2 is 2.25 bits per heavy atom. The van der Waals surface area contributed by atoms with Gasteiger partial charge in [-0.15, -0.1) is 0 Å². The molecule has 0 aromatic carbocycles. The van der Waals surface area contributed by atoms with Crippen molar-refractivity contribution in [1.82, 2.24) is 20.1 Å². The van der Waals surface area contributed by atoms with Crippen LogP contribution in [0.25, 0.3) is 0 Å². The van der Waals surface area contributed by atoms with Gasteiger partial charge in [-0.25, -0.2) is 9.78 Å². The molecule has 2 aromatic heterocycles. The van der Waals surface area contributed by atoms with Crippen molar-refractivity contribution >= 4 is 17.7 Å². The van der Waals surface area contributed by atoms with Crippen molar-refractivity contribution in [2.24, 2.45) is 0 Å². The van der Waals surface area contributed by atoms with E-state index in [0.717, 1.165) is 0 Å². The van der Waals surface area contributed by atoms with E-state index in [9.17, 15) is 9.59 Å². The number of anilines is 1. The summed E-state index contributed by atoms with van der Waals surface area (Å²) in [5, 5.41) is 17.5. The Hall–Kier alpha value is -2.84. The molecule has 0 aliphatic heterocycles. The molecule has 2 rings (SSSR count). The van der Waals surface area contributed by atoms with Crippen molar-refractivity contribution in [2.75, 3.05) is 5.32 Å². The number of rotatable bonds is 5. The average molecular weight is 279 g/mol. The molecule has 0 bridgehead atoms. The molecular formula is C11H13N5O4. The number of hydrogen-bond donors (Lipinski definition) is 3. The highest BCUT2D eigenvalue weighted by Gasteiger charge is 2.07. The number of aromatic nitrogens is 3. The number of amides is 2. The minimum atomic E-state index is -1.01. The number of nitrogens with zero attached hydrogens (tertiary/aromatic N) is 3. The number of hydrogen-bond acceptors (Lipinski definition) is 5. The summed E-state index contributed by atoms with van der Waals surface area (Å²) in [6, 6.07) is -0.462. The first-order chi connectivity index (χ1) is 9.52. The second-order valence-corrected chi connectivity index (χ2v) is 3.99. The molecule has 9 nitrogen and oxygen atoms in total. The maximum absolute atomic E-state index is 11.6. The average Bonchev–Trinajstić information content (AvgIpc) is 2.95.